The van der Waals surface area contributed by atoms with Crippen LogP contribution in [-0.4, -0.2) is 26.4 Å². The molecule has 0 unspecified atom stereocenters. The fraction of sp³-hybridized carbons (Fsp3) is 0.360. The van der Waals surface area contributed by atoms with Crippen LogP contribution >= 0.6 is 11.8 Å². The van der Waals surface area contributed by atoms with Gasteiger partial charge in [-0.3, -0.25) is 4.99 Å². The van der Waals surface area contributed by atoms with Gasteiger partial charge in [-0.1, -0.05) is 44.5 Å². The second kappa shape index (κ2) is 7.62. The molecule has 1 aliphatic carbocycles. The summed E-state index contributed by atoms with van der Waals surface area (Å²) in [5.74, 6) is 1.35. The van der Waals surface area contributed by atoms with E-state index < -0.39 is 0 Å². The molecule has 1 N–H and O–H groups in total. The SMILES string of the molecule is CC1(C)CCC[C@H]2SC(c3cccc(Oc4ccc5cccc(O)c5n4)c3)=N[C@H]2C1. The first-order chi connectivity index (χ1) is 14.5. The van der Waals surface area contributed by atoms with Crippen LogP contribution in [0.25, 0.3) is 10.9 Å². The number of thioether (sulfide) groups is 1. The van der Waals surface area contributed by atoms with Crippen LogP contribution in [0.5, 0.6) is 17.4 Å². The quantitative estimate of drug-likeness (QED) is 0.523. The lowest BCUT2D eigenvalue weighted by Crippen LogP contribution is -2.21. The molecule has 30 heavy (non-hydrogen) atoms. The molecule has 2 aliphatic rings. The van der Waals surface area contributed by atoms with E-state index in [1.165, 1.54) is 19.3 Å². The average molecular weight is 419 g/mol. The van der Waals surface area contributed by atoms with E-state index in [-0.39, 0.29) is 5.75 Å². The number of aromatic hydroxyl groups is 1. The summed E-state index contributed by atoms with van der Waals surface area (Å²) in [6, 6.07) is 17.6. The highest BCUT2D eigenvalue weighted by Gasteiger charge is 2.37. The molecule has 4 nitrogen and oxygen atoms in total. The van der Waals surface area contributed by atoms with Crippen LogP contribution < -0.4 is 4.74 Å². The molecular weight excluding hydrogens is 392 g/mol. The summed E-state index contributed by atoms with van der Waals surface area (Å²) in [5.41, 5.74) is 2.02. The Morgan fingerprint density at radius 3 is 2.87 bits per heavy atom. The van der Waals surface area contributed by atoms with Crippen LogP contribution in [0.1, 0.15) is 45.1 Å². The minimum absolute atomic E-state index is 0.157. The normalized spacial score (nSPS) is 22.9. The smallest absolute Gasteiger partial charge is 0.219 e. The van der Waals surface area contributed by atoms with Crippen molar-refractivity contribution in [2.75, 3.05) is 0 Å². The third-order valence-corrected chi connectivity index (χ3v) is 7.47. The molecule has 1 saturated carbocycles. The van der Waals surface area contributed by atoms with E-state index in [0.29, 0.717) is 28.1 Å². The summed E-state index contributed by atoms with van der Waals surface area (Å²) in [5, 5.41) is 12.7. The van der Waals surface area contributed by atoms with Crippen molar-refractivity contribution in [2.45, 2.75) is 50.8 Å². The zero-order chi connectivity index (χ0) is 20.7. The molecule has 0 spiro atoms. The molecule has 1 fully saturated rings. The maximum Gasteiger partial charge on any atom is 0.219 e. The lowest BCUT2D eigenvalue weighted by molar-refractivity contribution is 0.301. The van der Waals surface area contributed by atoms with Crippen LogP contribution in [-0.2, 0) is 0 Å². The number of para-hydroxylation sites is 1. The standard InChI is InChI=1S/C25H26N2O2S/c1-25(2)13-5-10-21-19(15-25)26-24(30-21)17-7-3-8-18(14-17)29-22-12-11-16-6-4-9-20(28)23(16)27-22/h3-4,6-9,11-12,14,19,21,28H,5,10,13,15H2,1-2H3/t19-,21+/m0/s1. The van der Waals surface area contributed by atoms with Crippen LogP contribution in [0, 0.1) is 5.41 Å². The van der Waals surface area contributed by atoms with E-state index in [1.54, 1.807) is 6.07 Å². The van der Waals surface area contributed by atoms with Gasteiger partial charge in [0, 0.05) is 22.3 Å². The molecule has 5 rings (SSSR count). The van der Waals surface area contributed by atoms with E-state index in [2.05, 4.69) is 24.9 Å². The van der Waals surface area contributed by atoms with Gasteiger partial charge in [0.15, 0.2) is 0 Å². The highest BCUT2D eigenvalue weighted by atomic mass is 32.2. The van der Waals surface area contributed by atoms with Gasteiger partial charge in [0.25, 0.3) is 0 Å². The van der Waals surface area contributed by atoms with Gasteiger partial charge in [-0.05, 0) is 48.9 Å². The summed E-state index contributed by atoms with van der Waals surface area (Å²) in [6.45, 7) is 4.74. The highest BCUT2D eigenvalue weighted by molar-refractivity contribution is 8.15. The lowest BCUT2D eigenvalue weighted by atomic mass is 9.84. The molecule has 0 bridgehead atoms. The van der Waals surface area contributed by atoms with Gasteiger partial charge in [-0.15, -0.1) is 11.8 Å². The number of pyridine rings is 1. The number of phenols is 1. The Morgan fingerprint density at radius 1 is 1.10 bits per heavy atom. The highest BCUT2D eigenvalue weighted by Crippen LogP contribution is 2.44. The Morgan fingerprint density at radius 2 is 1.97 bits per heavy atom. The largest absolute Gasteiger partial charge is 0.506 e. The summed E-state index contributed by atoms with van der Waals surface area (Å²) >= 11 is 1.93. The molecule has 3 aromatic rings. The van der Waals surface area contributed by atoms with E-state index in [1.807, 2.05) is 54.2 Å². The summed E-state index contributed by atoms with van der Waals surface area (Å²) in [4.78, 5) is 9.59. The van der Waals surface area contributed by atoms with Gasteiger partial charge in [0.05, 0.1) is 11.1 Å². The topological polar surface area (TPSA) is 54.7 Å². The first-order valence-electron chi connectivity index (χ1n) is 10.6. The predicted molar refractivity (Wildman–Crippen MR) is 124 cm³/mol. The fourth-order valence-electron chi connectivity index (χ4n) is 4.49. The van der Waals surface area contributed by atoms with Crippen molar-refractivity contribution in [1.29, 1.82) is 0 Å². The zero-order valence-electron chi connectivity index (χ0n) is 17.3. The number of nitrogens with zero attached hydrogens (tertiary/aromatic N) is 2. The van der Waals surface area contributed by atoms with Gasteiger partial charge in [0.1, 0.15) is 17.0 Å². The van der Waals surface area contributed by atoms with Gasteiger partial charge in [0.2, 0.25) is 5.88 Å². The first-order valence-corrected chi connectivity index (χ1v) is 11.5. The van der Waals surface area contributed by atoms with Crippen molar-refractivity contribution in [3.8, 4) is 17.4 Å². The number of hydrogen-bond acceptors (Lipinski definition) is 5. The number of hydrogen-bond donors (Lipinski definition) is 1. The molecule has 154 valence electrons. The third-order valence-electron chi connectivity index (χ3n) is 6.06. The average Bonchev–Trinajstić information content (AvgIpc) is 3.04. The van der Waals surface area contributed by atoms with Crippen molar-refractivity contribution in [2.24, 2.45) is 10.4 Å². The molecule has 2 aromatic carbocycles. The molecule has 1 aliphatic heterocycles. The second-order valence-corrected chi connectivity index (χ2v) is 10.3. The molecule has 2 heterocycles. The number of benzene rings is 2. The number of fused-ring (bicyclic) bond motifs is 2. The monoisotopic (exact) mass is 418 g/mol. The third kappa shape index (κ3) is 3.91. The first kappa shape index (κ1) is 19.4. The lowest BCUT2D eigenvalue weighted by Gasteiger charge is -2.24. The fourth-order valence-corrected chi connectivity index (χ4v) is 5.84. The maximum atomic E-state index is 10.1. The van der Waals surface area contributed by atoms with Gasteiger partial charge < -0.3 is 9.84 Å². The Balaban J connectivity index is 1.39. The molecule has 2 atom stereocenters. The minimum atomic E-state index is 0.157. The van der Waals surface area contributed by atoms with E-state index in [0.717, 1.165) is 28.2 Å². The summed E-state index contributed by atoms with van der Waals surface area (Å²) < 4.78 is 6.03. The number of ether oxygens (including phenoxy) is 1. The van der Waals surface area contributed by atoms with E-state index in [9.17, 15) is 5.11 Å². The molecular formula is C25H26N2O2S. The second-order valence-electron chi connectivity index (χ2n) is 9.05. The van der Waals surface area contributed by atoms with Gasteiger partial charge in [-0.2, -0.15) is 0 Å². The van der Waals surface area contributed by atoms with Crippen LogP contribution in [0.2, 0.25) is 0 Å². The van der Waals surface area contributed by atoms with Crippen LogP contribution in [0.4, 0.5) is 0 Å². The van der Waals surface area contributed by atoms with Crippen molar-refractivity contribution in [3.05, 3.63) is 60.2 Å². The molecule has 1 aromatic heterocycles. The number of phenolic OH excluding ortho intramolecular Hbond substituents is 1. The van der Waals surface area contributed by atoms with Gasteiger partial charge in [-0.25, -0.2) is 4.98 Å². The van der Waals surface area contributed by atoms with Crippen LogP contribution in [0.3, 0.4) is 0 Å². The molecule has 0 radical (unpaired) electrons. The van der Waals surface area contributed by atoms with Crippen molar-refractivity contribution in [3.63, 3.8) is 0 Å². The summed E-state index contributed by atoms with van der Waals surface area (Å²) in [7, 11) is 0. The minimum Gasteiger partial charge on any atom is -0.506 e. The van der Waals surface area contributed by atoms with Gasteiger partial charge >= 0.3 is 0 Å². The molecule has 0 saturated heterocycles. The number of rotatable bonds is 3. The maximum absolute atomic E-state index is 10.1. The molecule has 5 heteroatoms. The summed E-state index contributed by atoms with van der Waals surface area (Å²) in [6.07, 6.45) is 4.98. The predicted octanol–water partition coefficient (Wildman–Crippen LogP) is 6.56. The Hall–Kier alpha value is -2.53. The Kier molecular flexibility index (Phi) is 4.94. The van der Waals surface area contributed by atoms with Crippen LogP contribution in [0.15, 0.2) is 59.6 Å². The van der Waals surface area contributed by atoms with E-state index in [4.69, 9.17) is 9.73 Å². The Labute approximate surface area is 181 Å². The van der Waals surface area contributed by atoms with E-state index >= 15 is 0 Å². The van der Waals surface area contributed by atoms with Crippen molar-refractivity contribution in [1.82, 2.24) is 4.98 Å². The van der Waals surface area contributed by atoms with Crippen molar-refractivity contribution < 1.29 is 9.84 Å². The zero-order valence-corrected chi connectivity index (χ0v) is 18.2. The van der Waals surface area contributed by atoms with Crippen molar-refractivity contribution >= 4 is 27.7 Å². The molecule has 0 amide bonds. The number of aromatic nitrogens is 1. The number of aliphatic imine (C=N–C) groups is 1. The Bertz CT molecular complexity index is 1130.